The average Bonchev–Trinajstić information content (AvgIpc) is 3.21. The van der Waals surface area contributed by atoms with Crippen molar-refractivity contribution >= 4 is 5.82 Å². The lowest BCUT2D eigenvalue weighted by atomic mass is 9.98. The van der Waals surface area contributed by atoms with E-state index in [9.17, 15) is 0 Å². The number of pyridine rings is 1. The predicted molar refractivity (Wildman–Crippen MR) is 99.6 cm³/mol. The molecule has 0 spiro atoms. The molecule has 0 bridgehead atoms. The molecule has 4 rings (SSSR count). The smallest absolute Gasteiger partial charge is 0.180 e. The Balaban J connectivity index is 1.58. The van der Waals surface area contributed by atoms with Crippen molar-refractivity contribution in [2.24, 2.45) is 5.92 Å². The molecule has 26 heavy (non-hydrogen) atoms. The number of nitrogens with zero attached hydrogens (tertiary/aromatic N) is 7. The molecule has 1 atom stereocenters. The van der Waals surface area contributed by atoms with E-state index in [4.69, 9.17) is 4.98 Å². The zero-order chi connectivity index (χ0) is 17.8. The molecule has 1 saturated heterocycles. The maximum Gasteiger partial charge on any atom is 0.180 e. The quantitative estimate of drug-likeness (QED) is 0.705. The Morgan fingerprint density at radius 3 is 2.96 bits per heavy atom. The first kappa shape index (κ1) is 16.6. The van der Waals surface area contributed by atoms with Crippen LogP contribution in [0.2, 0.25) is 0 Å². The van der Waals surface area contributed by atoms with Crippen molar-refractivity contribution < 1.29 is 0 Å². The highest BCUT2D eigenvalue weighted by molar-refractivity contribution is 5.53. The molecule has 0 saturated carbocycles. The third kappa shape index (κ3) is 3.71. The van der Waals surface area contributed by atoms with Crippen LogP contribution in [0.4, 0.5) is 5.82 Å². The third-order valence-corrected chi connectivity index (χ3v) is 4.78. The first-order valence-corrected chi connectivity index (χ1v) is 9.18. The largest absolute Gasteiger partial charge is 0.356 e. The van der Waals surface area contributed by atoms with Crippen LogP contribution in [0.15, 0.2) is 43.1 Å². The van der Waals surface area contributed by atoms with E-state index in [0.29, 0.717) is 11.7 Å². The van der Waals surface area contributed by atoms with Crippen molar-refractivity contribution in [1.29, 1.82) is 0 Å². The Kier molecular flexibility index (Phi) is 4.86. The second-order valence-corrected chi connectivity index (χ2v) is 6.68. The van der Waals surface area contributed by atoms with Gasteiger partial charge in [0.15, 0.2) is 5.82 Å². The lowest BCUT2D eigenvalue weighted by Crippen LogP contribution is -2.37. The van der Waals surface area contributed by atoms with E-state index >= 15 is 0 Å². The molecule has 7 nitrogen and oxygen atoms in total. The van der Waals surface area contributed by atoms with E-state index in [2.05, 4.69) is 37.9 Å². The molecule has 1 fully saturated rings. The van der Waals surface area contributed by atoms with Crippen molar-refractivity contribution in [2.75, 3.05) is 18.0 Å². The summed E-state index contributed by atoms with van der Waals surface area (Å²) in [6, 6.07) is 7.96. The normalized spacial score (nSPS) is 17.4. The van der Waals surface area contributed by atoms with Gasteiger partial charge in [-0.15, -0.1) is 0 Å². The summed E-state index contributed by atoms with van der Waals surface area (Å²) in [4.78, 5) is 20.3. The zero-order valence-electron chi connectivity index (χ0n) is 15.0. The van der Waals surface area contributed by atoms with E-state index in [0.717, 1.165) is 49.7 Å². The summed E-state index contributed by atoms with van der Waals surface area (Å²) in [6.45, 7) is 5.02. The highest BCUT2D eigenvalue weighted by Crippen LogP contribution is 2.25. The first-order valence-electron chi connectivity index (χ1n) is 9.18. The topological polar surface area (TPSA) is 72.6 Å². The van der Waals surface area contributed by atoms with Crippen molar-refractivity contribution in [3.05, 3.63) is 48.8 Å². The van der Waals surface area contributed by atoms with Gasteiger partial charge in [-0.25, -0.2) is 15.0 Å². The van der Waals surface area contributed by atoms with Crippen LogP contribution in [0.3, 0.4) is 0 Å². The Bertz CT molecular complexity index is 832. The van der Waals surface area contributed by atoms with Crippen LogP contribution in [0.25, 0.3) is 11.5 Å². The fraction of sp³-hybridized carbons (Fsp3) is 0.421. The molecule has 134 valence electrons. The van der Waals surface area contributed by atoms with Crippen molar-refractivity contribution in [3.63, 3.8) is 0 Å². The fourth-order valence-corrected chi connectivity index (χ4v) is 3.45. The number of anilines is 1. The molecule has 4 heterocycles. The van der Waals surface area contributed by atoms with Gasteiger partial charge in [0.05, 0.1) is 0 Å². The van der Waals surface area contributed by atoms with Crippen molar-refractivity contribution in [2.45, 2.75) is 32.7 Å². The van der Waals surface area contributed by atoms with Gasteiger partial charge in [-0.3, -0.25) is 9.67 Å². The summed E-state index contributed by atoms with van der Waals surface area (Å²) in [5.74, 6) is 2.25. The van der Waals surface area contributed by atoms with E-state index in [1.807, 2.05) is 22.9 Å². The van der Waals surface area contributed by atoms with Gasteiger partial charge in [-0.2, -0.15) is 5.10 Å². The Morgan fingerprint density at radius 1 is 1.23 bits per heavy atom. The van der Waals surface area contributed by atoms with Crippen LogP contribution in [0, 0.1) is 5.92 Å². The summed E-state index contributed by atoms with van der Waals surface area (Å²) in [7, 11) is 0. The summed E-state index contributed by atoms with van der Waals surface area (Å²) >= 11 is 0. The molecule has 0 radical (unpaired) electrons. The second kappa shape index (κ2) is 7.59. The molecule has 3 aromatic rings. The standard InChI is InChI=1S/C19H23N7/c1-2-16-10-18(24-19(23-16)17-7-3-4-8-21-17)25-9-5-6-15(11-25)12-26-14-20-13-22-26/h3-4,7-8,10,13-15H,2,5-6,9,11-12H2,1H3/t15-/m1/s1. The molecular weight excluding hydrogens is 326 g/mol. The fourth-order valence-electron chi connectivity index (χ4n) is 3.45. The van der Waals surface area contributed by atoms with Gasteiger partial charge in [0.1, 0.15) is 24.2 Å². The number of aromatic nitrogens is 6. The maximum atomic E-state index is 4.82. The van der Waals surface area contributed by atoms with Crippen molar-refractivity contribution in [1.82, 2.24) is 29.7 Å². The third-order valence-electron chi connectivity index (χ3n) is 4.78. The minimum absolute atomic E-state index is 0.545. The van der Waals surface area contributed by atoms with Gasteiger partial charge in [0, 0.05) is 37.6 Å². The lowest BCUT2D eigenvalue weighted by Gasteiger charge is -2.33. The molecule has 7 heteroatoms. The summed E-state index contributed by atoms with van der Waals surface area (Å²) in [6.07, 6.45) is 8.41. The molecule has 0 unspecified atom stereocenters. The first-order chi connectivity index (χ1) is 12.8. The van der Waals surface area contributed by atoms with Crippen LogP contribution >= 0.6 is 0 Å². The highest BCUT2D eigenvalue weighted by atomic mass is 15.3. The van der Waals surface area contributed by atoms with Crippen LogP contribution in [0.5, 0.6) is 0 Å². The van der Waals surface area contributed by atoms with E-state index in [1.54, 1.807) is 18.9 Å². The van der Waals surface area contributed by atoms with Crippen LogP contribution in [-0.4, -0.2) is 42.8 Å². The highest BCUT2D eigenvalue weighted by Gasteiger charge is 2.22. The molecule has 1 aliphatic heterocycles. The van der Waals surface area contributed by atoms with Gasteiger partial charge < -0.3 is 4.90 Å². The van der Waals surface area contributed by atoms with E-state index in [1.165, 1.54) is 6.42 Å². The Labute approximate surface area is 153 Å². The van der Waals surface area contributed by atoms with Gasteiger partial charge in [0.25, 0.3) is 0 Å². The van der Waals surface area contributed by atoms with Gasteiger partial charge in [0.2, 0.25) is 0 Å². The van der Waals surface area contributed by atoms with E-state index < -0.39 is 0 Å². The monoisotopic (exact) mass is 349 g/mol. The Hall–Kier alpha value is -2.83. The molecule has 0 aliphatic carbocycles. The van der Waals surface area contributed by atoms with Crippen LogP contribution < -0.4 is 4.90 Å². The molecule has 3 aromatic heterocycles. The van der Waals surface area contributed by atoms with Gasteiger partial charge in [-0.05, 0) is 37.3 Å². The van der Waals surface area contributed by atoms with Crippen LogP contribution in [-0.2, 0) is 13.0 Å². The molecule has 0 aromatic carbocycles. The average molecular weight is 349 g/mol. The zero-order valence-corrected chi connectivity index (χ0v) is 15.0. The number of aryl methyl sites for hydroxylation is 1. The summed E-state index contributed by atoms with van der Waals surface area (Å²) in [5.41, 5.74) is 1.87. The minimum atomic E-state index is 0.545. The predicted octanol–water partition coefficient (Wildman–Crippen LogP) is 2.61. The van der Waals surface area contributed by atoms with E-state index in [-0.39, 0.29) is 0 Å². The molecular formula is C19H23N7. The maximum absolute atomic E-state index is 4.82. The minimum Gasteiger partial charge on any atom is -0.356 e. The number of hydrogen-bond acceptors (Lipinski definition) is 6. The molecule has 0 amide bonds. The van der Waals surface area contributed by atoms with Crippen LogP contribution in [0.1, 0.15) is 25.5 Å². The summed E-state index contributed by atoms with van der Waals surface area (Å²) in [5, 5.41) is 4.24. The van der Waals surface area contributed by atoms with Gasteiger partial charge in [-0.1, -0.05) is 13.0 Å². The van der Waals surface area contributed by atoms with Crippen molar-refractivity contribution in [3.8, 4) is 11.5 Å². The number of rotatable bonds is 5. The SMILES string of the molecule is CCc1cc(N2CCC[C@@H](Cn3cncn3)C2)nc(-c2ccccn2)n1. The molecule has 0 N–H and O–H groups in total. The summed E-state index contributed by atoms with van der Waals surface area (Å²) < 4.78 is 1.92. The lowest BCUT2D eigenvalue weighted by molar-refractivity contribution is 0.350. The second-order valence-electron chi connectivity index (χ2n) is 6.68. The molecule has 1 aliphatic rings. The number of hydrogen-bond donors (Lipinski definition) is 0. The Morgan fingerprint density at radius 2 is 2.19 bits per heavy atom. The van der Waals surface area contributed by atoms with Gasteiger partial charge >= 0.3 is 0 Å². The number of piperidine rings is 1.